The van der Waals surface area contributed by atoms with Crippen LogP contribution in [0.2, 0.25) is 0 Å². The first-order valence-electron chi connectivity index (χ1n) is 6.09. The molecule has 2 aliphatic rings. The molecule has 2 heterocycles. The SMILES string of the molecule is Cc1cccc(C)c1N1CC=CN2CCN=C21. The minimum absolute atomic E-state index is 0.904. The van der Waals surface area contributed by atoms with E-state index in [-0.39, 0.29) is 0 Å². The van der Waals surface area contributed by atoms with Crippen molar-refractivity contribution in [1.29, 1.82) is 0 Å². The van der Waals surface area contributed by atoms with Crippen LogP contribution < -0.4 is 4.90 Å². The number of hydrogen-bond donors (Lipinski definition) is 0. The summed E-state index contributed by atoms with van der Waals surface area (Å²) in [4.78, 5) is 9.16. The van der Waals surface area contributed by atoms with E-state index < -0.39 is 0 Å². The van der Waals surface area contributed by atoms with Gasteiger partial charge in [0.2, 0.25) is 5.96 Å². The molecular formula is C14H17N3. The van der Waals surface area contributed by atoms with Gasteiger partial charge in [0, 0.05) is 25.0 Å². The molecule has 0 saturated heterocycles. The highest BCUT2D eigenvalue weighted by molar-refractivity contribution is 6.00. The third kappa shape index (κ3) is 1.62. The molecule has 0 aromatic heterocycles. The average Bonchev–Trinajstić information content (AvgIpc) is 2.77. The number of hydrogen-bond acceptors (Lipinski definition) is 3. The Morgan fingerprint density at radius 1 is 1.18 bits per heavy atom. The first-order chi connectivity index (χ1) is 8.27. The summed E-state index contributed by atoms with van der Waals surface area (Å²) in [6.07, 6.45) is 4.35. The van der Waals surface area contributed by atoms with Gasteiger partial charge in [-0.05, 0) is 31.1 Å². The van der Waals surface area contributed by atoms with Crippen molar-refractivity contribution in [2.24, 2.45) is 4.99 Å². The number of aliphatic imine (C=N–C) groups is 1. The van der Waals surface area contributed by atoms with Crippen LogP contribution in [0.5, 0.6) is 0 Å². The summed E-state index contributed by atoms with van der Waals surface area (Å²) in [5.41, 5.74) is 3.94. The van der Waals surface area contributed by atoms with Crippen LogP contribution in [-0.2, 0) is 0 Å². The second kappa shape index (κ2) is 3.91. The molecule has 0 unspecified atom stereocenters. The van der Waals surface area contributed by atoms with Crippen LogP contribution >= 0.6 is 0 Å². The molecule has 1 aromatic rings. The van der Waals surface area contributed by atoms with Gasteiger partial charge in [0.05, 0.1) is 6.54 Å². The lowest BCUT2D eigenvalue weighted by Gasteiger charge is -2.33. The smallest absolute Gasteiger partial charge is 0.205 e. The Bertz CT molecular complexity index is 482. The maximum Gasteiger partial charge on any atom is 0.205 e. The zero-order valence-electron chi connectivity index (χ0n) is 10.3. The second-order valence-corrected chi connectivity index (χ2v) is 4.61. The molecule has 1 aromatic carbocycles. The number of fused-ring (bicyclic) bond motifs is 1. The van der Waals surface area contributed by atoms with E-state index in [1.54, 1.807) is 0 Å². The van der Waals surface area contributed by atoms with Crippen molar-refractivity contribution in [1.82, 2.24) is 4.90 Å². The third-order valence-electron chi connectivity index (χ3n) is 3.38. The lowest BCUT2D eigenvalue weighted by atomic mass is 10.1. The highest BCUT2D eigenvalue weighted by atomic mass is 15.4. The molecule has 0 spiro atoms. The molecule has 2 aliphatic heterocycles. The molecule has 0 N–H and O–H groups in total. The molecule has 3 heteroatoms. The maximum atomic E-state index is 4.61. The van der Waals surface area contributed by atoms with Crippen molar-refractivity contribution in [2.45, 2.75) is 13.8 Å². The standard InChI is InChI=1S/C14H17N3/c1-11-5-3-6-12(2)13(11)17-9-4-8-16-10-7-15-14(16)17/h3-6,8H,7,9-10H2,1-2H3. The molecular weight excluding hydrogens is 210 g/mol. The second-order valence-electron chi connectivity index (χ2n) is 4.61. The Balaban J connectivity index is 2.07. The largest absolute Gasteiger partial charge is 0.317 e. The quantitative estimate of drug-likeness (QED) is 0.733. The molecule has 3 nitrogen and oxygen atoms in total. The van der Waals surface area contributed by atoms with Gasteiger partial charge in [0.15, 0.2) is 0 Å². The summed E-state index contributed by atoms with van der Waals surface area (Å²) in [6.45, 7) is 7.16. The van der Waals surface area contributed by atoms with E-state index in [0.717, 1.165) is 25.6 Å². The van der Waals surface area contributed by atoms with E-state index >= 15 is 0 Å². The van der Waals surface area contributed by atoms with E-state index in [2.05, 4.69) is 59.1 Å². The van der Waals surface area contributed by atoms with Gasteiger partial charge in [-0.15, -0.1) is 0 Å². The first kappa shape index (κ1) is 10.4. The van der Waals surface area contributed by atoms with Gasteiger partial charge in [-0.1, -0.05) is 18.2 Å². The van der Waals surface area contributed by atoms with Gasteiger partial charge >= 0.3 is 0 Å². The fourth-order valence-corrected chi connectivity index (χ4v) is 2.61. The number of para-hydroxylation sites is 1. The predicted octanol–water partition coefficient (Wildman–Crippen LogP) is 2.31. The maximum absolute atomic E-state index is 4.61. The topological polar surface area (TPSA) is 18.8 Å². The number of benzene rings is 1. The normalized spacial score (nSPS) is 18.4. The molecule has 0 aliphatic carbocycles. The fraction of sp³-hybridized carbons (Fsp3) is 0.357. The molecule has 0 amide bonds. The zero-order chi connectivity index (χ0) is 11.8. The Kier molecular flexibility index (Phi) is 2.39. The van der Waals surface area contributed by atoms with E-state index in [9.17, 15) is 0 Å². The molecule has 0 fully saturated rings. The summed E-state index contributed by atoms with van der Waals surface area (Å²) in [5, 5.41) is 0. The van der Waals surface area contributed by atoms with Gasteiger partial charge in [0.25, 0.3) is 0 Å². The van der Waals surface area contributed by atoms with Crippen molar-refractivity contribution in [3.8, 4) is 0 Å². The zero-order valence-corrected chi connectivity index (χ0v) is 10.3. The molecule has 17 heavy (non-hydrogen) atoms. The van der Waals surface area contributed by atoms with E-state index in [1.165, 1.54) is 16.8 Å². The van der Waals surface area contributed by atoms with Crippen molar-refractivity contribution in [2.75, 3.05) is 24.5 Å². The summed E-state index contributed by atoms with van der Waals surface area (Å²) in [5.74, 6) is 1.10. The van der Waals surface area contributed by atoms with Crippen molar-refractivity contribution in [3.63, 3.8) is 0 Å². The lowest BCUT2D eigenvalue weighted by molar-refractivity contribution is 0.587. The first-order valence-corrected chi connectivity index (χ1v) is 6.09. The van der Waals surface area contributed by atoms with Gasteiger partial charge in [-0.25, -0.2) is 0 Å². The summed E-state index contributed by atoms with van der Waals surface area (Å²) in [6, 6.07) is 6.45. The number of aryl methyl sites for hydroxylation is 2. The molecule has 0 bridgehead atoms. The minimum Gasteiger partial charge on any atom is -0.317 e. The predicted molar refractivity (Wildman–Crippen MR) is 71.4 cm³/mol. The average molecular weight is 227 g/mol. The highest BCUT2D eigenvalue weighted by Crippen LogP contribution is 2.28. The van der Waals surface area contributed by atoms with Gasteiger partial charge in [-0.2, -0.15) is 0 Å². The van der Waals surface area contributed by atoms with Gasteiger partial charge < -0.3 is 9.80 Å². The van der Waals surface area contributed by atoms with Crippen LogP contribution in [0.25, 0.3) is 0 Å². The molecule has 0 saturated carbocycles. The Hall–Kier alpha value is -1.77. The lowest BCUT2D eigenvalue weighted by Crippen LogP contribution is -2.43. The molecule has 3 rings (SSSR count). The van der Waals surface area contributed by atoms with E-state index in [4.69, 9.17) is 0 Å². The highest BCUT2D eigenvalue weighted by Gasteiger charge is 2.26. The van der Waals surface area contributed by atoms with Crippen molar-refractivity contribution >= 4 is 11.6 Å². The minimum atomic E-state index is 0.904. The summed E-state index contributed by atoms with van der Waals surface area (Å²) < 4.78 is 0. The third-order valence-corrected chi connectivity index (χ3v) is 3.38. The van der Waals surface area contributed by atoms with Gasteiger partial charge in [0.1, 0.15) is 0 Å². The Morgan fingerprint density at radius 2 is 1.94 bits per heavy atom. The Labute approximate surface area is 102 Å². The molecule has 0 atom stereocenters. The summed E-state index contributed by atoms with van der Waals surface area (Å²) in [7, 11) is 0. The van der Waals surface area contributed by atoms with Crippen LogP contribution in [0.1, 0.15) is 11.1 Å². The fourth-order valence-electron chi connectivity index (χ4n) is 2.61. The number of rotatable bonds is 1. The van der Waals surface area contributed by atoms with Crippen LogP contribution in [0.3, 0.4) is 0 Å². The van der Waals surface area contributed by atoms with Crippen LogP contribution in [-0.4, -0.2) is 30.5 Å². The van der Waals surface area contributed by atoms with Crippen molar-refractivity contribution < 1.29 is 0 Å². The monoisotopic (exact) mass is 227 g/mol. The molecule has 0 radical (unpaired) electrons. The van der Waals surface area contributed by atoms with E-state index in [0.29, 0.717) is 0 Å². The number of guanidine groups is 1. The number of anilines is 1. The van der Waals surface area contributed by atoms with Crippen LogP contribution in [0.4, 0.5) is 5.69 Å². The summed E-state index contributed by atoms with van der Waals surface area (Å²) >= 11 is 0. The van der Waals surface area contributed by atoms with E-state index in [1.807, 2.05) is 0 Å². The van der Waals surface area contributed by atoms with Crippen LogP contribution in [0.15, 0.2) is 35.5 Å². The Morgan fingerprint density at radius 3 is 2.71 bits per heavy atom. The van der Waals surface area contributed by atoms with Crippen LogP contribution in [0, 0.1) is 13.8 Å². The molecule has 88 valence electrons. The number of nitrogens with zero attached hydrogens (tertiary/aromatic N) is 3. The van der Waals surface area contributed by atoms with Gasteiger partial charge in [-0.3, -0.25) is 4.99 Å². The van der Waals surface area contributed by atoms with Crippen molar-refractivity contribution in [3.05, 3.63) is 41.6 Å².